The molecule has 0 fully saturated rings. The zero-order chi connectivity index (χ0) is 17.6. The first kappa shape index (κ1) is 19.9. The minimum absolute atomic E-state index is 0.0843. The van der Waals surface area contributed by atoms with E-state index in [1.807, 2.05) is 0 Å². The molecule has 0 atom stereocenters. The first-order chi connectivity index (χ1) is 11.6. The van der Waals surface area contributed by atoms with Crippen molar-refractivity contribution in [2.45, 2.75) is 51.9 Å². The van der Waals surface area contributed by atoms with Crippen LogP contribution in [0.5, 0.6) is 5.75 Å². The Morgan fingerprint density at radius 3 is 2.38 bits per heavy atom. The molecular formula is C19H25FO4. The van der Waals surface area contributed by atoms with Crippen LogP contribution in [0.3, 0.4) is 0 Å². The standard InChI is InChI=1S/C19H25FO4/c1-2-3-4-5-6-7-8-14-23-18(21)12-13-19(22)24-17-11-9-10-16(20)15-17/h9-13,15H,2-8,14H2,1H3/b13-12+. The summed E-state index contributed by atoms with van der Waals surface area (Å²) in [5, 5.41) is 0. The molecule has 0 bridgehead atoms. The van der Waals surface area contributed by atoms with Gasteiger partial charge in [0, 0.05) is 18.2 Å². The second kappa shape index (κ2) is 12.3. The van der Waals surface area contributed by atoms with Gasteiger partial charge in [-0.3, -0.25) is 0 Å². The molecular weight excluding hydrogens is 311 g/mol. The summed E-state index contributed by atoms with van der Waals surface area (Å²) >= 11 is 0. The van der Waals surface area contributed by atoms with Crippen LogP contribution < -0.4 is 4.74 Å². The van der Waals surface area contributed by atoms with Crippen molar-refractivity contribution in [2.75, 3.05) is 6.61 Å². The number of ether oxygens (including phenoxy) is 2. The van der Waals surface area contributed by atoms with Crippen LogP contribution in [0.2, 0.25) is 0 Å². The Bertz CT molecular complexity index is 540. The Kier molecular flexibility index (Phi) is 10.2. The molecule has 0 heterocycles. The lowest BCUT2D eigenvalue weighted by Gasteiger charge is -2.03. The number of hydrogen-bond donors (Lipinski definition) is 0. The predicted molar refractivity (Wildman–Crippen MR) is 90.1 cm³/mol. The van der Waals surface area contributed by atoms with Crippen molar-refractivity contribution in [3.63, 3.8) is 0 Å². The zero-order valence-corrected chi connectivity index (χ0v) is 14.1. The number of esters is 2. The van der Waals surface area contributed by atoms with Crippen LogP contribution in [0.1, 0.15) is 51.9 Å². The van der Waals surface area contributed by atoms with Gasteiger partial charge in [0.25, 0.3) is 0 Å². The Balaban J connectivity index is 2.13. The summed E-state index contributed by atoms with van der Waals surface area (Å²) in [6, 6.07) is 5.21. The monoisotopic (exact) mass is 336 g/mol. The van der Waals surface area contributed by atoms with E-state index in [1.54, 1.807) is 0 Å². The Morgan fingerprint density at radius 2 is 1.67 bits per heavy atom. The van der Waals surface area contributed by atoms with E-state index in [0.29, 0.717) is 6.61 Å². The summed E-state index contributed by atoms with van der Waals surface area (Å²) in [6.45, 7) is 2.52. The second-order valence-electron chi connectivity index (χ2n) is 5.50. The van der Waals surface area contributed by atoms with Crippen molar-refractivity contribution < 1.29 is 23.5 Å². The van der Waals surface area contributed by atoms with E-state index in [1.165, 1.54) is 43.9 Å². The zero-order valence-electron chi connectivity index (χ0n) is 14.1. The van der Waals surface area contributed by atoms with Crippen LogP contribution in [0.15, 0.2) is 36.4 Å². The quantitative estimate of drug-likeness (QED) is 0.257. The summed E-state index contributed by atoms with van der Waals surface area (Å²) in [6.07, 6.45) is 9.95. The van der Waals surface area contributed by atoms with Gasteiger partial charge in [-0.15, -0.1) is 0 Å². The molecule has 5 heteroatoms. The minimum Gasteiger partial charge on any atom is -0.463 e. The number of carbonyl (C=O) groups is 2. The van der Waals surface area contributed by atoms with Crippen molar-refractivity contribution >= 4 is 11.9 Å². The molecule has 0 spiro atoms. The van der Waals surface area contributed by atoms with Crippen molar-refractivity contribution in [3.05, 3.63) is 42.2 Å². The predicted octanol–water partition coefficient (Wildman–Crippen LogP) is 4.58. The highest BCUT2D eigenvalue weighted by atomic mass is 19.1. The summed E-state index contributed by atoms with van der Waals surface area (Å²) in [4.78, 5) is 22.9. The van der Waals surface area contributed by atoms with Gasteiger partial charge < -0.3 is 9.47 Å². The van der Waals surface area contributed by atoms with Crippen molar-refractivity contribution in [3.8, 4) is 5.75 Å². The molecule has 0 aliphatic heterocycles. The maximum Gasteiger partial charge on any atom is 0.336 e. The van der Waals surface area contributed by atoms with Gasteiger partial charge >= 0.3 is 11.9 Å². The fraction of sp³-hybridized carbons (Fsp3) is 0.474. The van der Waals surface area contributed by atoms with E-state index in [0.717, 1.165) is 37.5 Å². The van der Waals surface area contributed by atoms with E-state index in [-0.39, 0.29) is 5.75 Å². The molecule has 1 rings (SSSR count). The third-order valence-corrected chi connectivity index (χ3v) is 3.36. The number of rotatable bonds is 11. The average Bonchev–Trinajstić information content (AvgIpc) is 2.55. The third-order valence-electron chi connectivity index (χ3n) is 3.36. The molecule has 132 valence electrons. The van der Waals surface area contributed by atoms with E-state index < -0.39 is 17.8 Å². The Hall–Kier alpha value is -2.17. The van der Waals surface area contributed by atoms with Gasteiger partial charge in [0.1, 0.15) is 11.6 Å². The number of unbranched alkanes of at least 4 members (excludes halogenated alkanes) is 6. The van der Waals surface area contributed by atoms with E-state index in [4.69, 9.17) is 9.47 Å². The molecule has 0 unspecified atom stereocenters. The Morgan fingerprint density at radius 1 is 1.00 bits per heavy atom. The normalized spacial score (nSPS) is 10.8. The molecule has 0 N–H and O–H groups in total. The fourth-order valence-electron chi connectivity index (χ4n) is 2.10. The van der Waals surface area contributed by atoms with Crippen molar-refractivity contribution in [1.29, 1.82) is 0 Å². The maximum absolute atomic E-state index is 12.9. The van der Waals surface area contributed by atoms with Gasteiger partial charge in [-0.05, 0) is 18.6 Å². The second-order valence-corrected chi connectivity index (χ2v) is 5.50. The number of benzene rings is 1. The van der Waals surface area contributed by atoms with Crippen LogP contribution in [0.4, 0.5) is 4.39 Å². The number of carbonyl (C=O) groups excluding carboxylic acids is 2. The molecule has 0 aromatic heterocycles. The summed E-state index contributed by atoms with van der Waals surface area (Å²) in [7, 11) is 0. The van der Waals surface area contributed by atoms with Gasteiger partial charge in [-0.2, -0.15) is 0 Å². The topological polar surface area (TPSA) is 52.6 Å². The fourth-order valence-corrected chi connectivity index (χ4v) is 2.10. The molecule has 0 saturated heterocycles. The van der Waals surface area contributed by atoms with Crippen LogP contribution in [0.25, 0.3) is 0 Å². The summed E-state index contributed by atoms with van der Waals surface area (Å²) in [5.74, 6) is -1.76. The van der Waals surface area contributed by atoms with E-state index in [9.17, 15) is 14.0 Å². The third kappa shape index (κ3) is 9.77. The lowest BCUT2D eigenvalue weighted by Crippen LogP contribution is -2.07. The molecule has 0 aliphatic carbocycles. The highest BCUT2D eigenvalue weighted by Gasteiger charge is 2.03. The number of halogens is 1. The van der Waals surface area contributed by atoms with Crippen LogP contribution in [-0.2, 0) is 14.3 Å². The van der Waals surface area contributed by atoms with E-state index >= 15 is 0 Å². The highest BCUT2D eigenvalue weighted by Crippen LogP contribution is 2.12. The first-order valence-corrected chi connectivity index (χ1v) is 8.44. The Labute approximate surface area is 142 Å². The largest absolute Gasteiger partial charge is 0.463 e. The van der Waals surface area contributed by atoms with Crippen LogP contribution >= 0.6 is 0 Å². The van der Waals surface area contributed by atoms with Crippen molar-refractivity contribution in [2.24, 2.45) is 0 Å². The molecule has 24 heavy (non-hydrogen) atoms. The van der Waals surface area contributed by atoms with Gasteiger partial charge in [0.15, 0.2) is 0 Å². The highest BCUT2D eigenvalue weighted by molar-refractivity contribution is 5.92. The first-order valence-electron chi connectivity index (χ1n) is 8.44. The van der Waals surface area contributed by atoms with Crippen LogP contribution in [0, 0.1) is 5.82 Å². The molecule has 0 amide bonds. The molecule has 0 aliphatic rings. The van der Waals surface area contributed by atoms with E-state index in [2.05, 4.69) is 6.92 Å². The average molecular weight is 336 g/mol. The maximum atomic E-state index is 12.9. The summed E-state index contributed by atoms with van der Waals surface area (Å²) in [5.41, 5.74) is 0. The number of hydrogen-bond acceptors (Lipinski definition) is 4. The minimum atomic E-state index is -0.756. The summed E-state index contributed by atoms with van der Waals surface area (Å²) < 4.78 is 22.8. The molecule has 1 aromatic carbocycles. The molecule has 0 radical (unpaired) electrons. The van der Waals surface area contributed by atoms with Crippen molar-refractivity contribution in [1.82, 2.24) is 0 Å². The molecule has 1 aromatic rings. The van der Waals surface area contributed by atoms with Gasteiger partial charge in [-0.1, -0.05) is 51.5 Å². The van der Waals surface area contributed by atoms with Gasteiger partial charge in [-0.25, -0.2) is 14.0 Å². The van der Waals surface area contributed by atoms with Gasteiger partial charge in [0.05, 0.1) is 6.61 Å². The molecule has 0 saturated carbocycles. The lowest BCUT2D eigenvalue weighted by molar-refractivity contribution is -0.138. The van der Waals surface area contributed by atoms with Gasteiger partial charge in [0.2, 0.25) is 0 Å². The SMILES string of the molecule is CCCCCCCCCOC(=O)/C=C/C(=O)Oc1cccc(F)c1. The molecule has 4 nitrogen and oxygen atoms in total. The van der Waals surface area contributed by atoms with Crippen LogP contribution in [-0.4, -0.2) is 18.5 Å². The lowest BCUT2D eigenvalue weighted by atomic mass is 10.1. The smallest absolute Gasteiger partial charge is 0.336 e.